The molecule has 0 fully saturated rings. The number of furan rings is 1. The average molecular weight is 829 g/mol. The van der Waals surface area contributed by atoms with E-state index in [1.165, 1.54) is 119 Å². The smallest absolute Gasteiger partial charge is 0.136 e. The summed E-state index contributed by atoms with van der Waals surface area (Å²) in [5, 5.41) is 17.4. The molecular formula is C62H36OS. The first-order valence-electron chi connectivity index (χ1n) is 22.0. The molecule has 0 amide bonds. The summed E-state index contributed by atoms with van der Waals surface area (Å²) in [6, 6.07) is 80.5. The van der Waals surface area contributed by atoms with E-state index in [1.807, 2.05) is 11.3 Å². The van der Waals surface area contributed by atoms with Crippen molar-refractivity contribution in [1.82, 2.24) is 0 Å². The second-order valence-corrected chi connectivity index (χ2v) is 18.1. The maximum Gasteiger partial charge on any atom is 0.136 e. The molecule has 14 rings (SSSR count). The van der Waals surface area contributed by atoms with Crippen molar-refractivity contribution in [3.05, 3.63) is 218 Å². The van der Waals surface area contributed by atoms with Gasteiger partial charge in [0.1, 0.15) is 11.2 Å². The van der Waals surface area contributed by atoms with E-state index in [2.05, 4.69) is 218 Å². The average Bonchev–Trinajstić information content (AvgIpc) is 3.91. The van der Waals surface area contributed by atoms with Crippen LogP contribution < -0.4 is 0 Å². The van der Waals surface area contributed by atoms with E-state index in [9.17, 15) is 0 Å². The van der Waals surface area contributed by atoms with E-state index in [-0.39, 0.29) is 0 Å². The van der Waals surface area contributed by atoms with E-state index in [0.29, 0.717) is 0 Å². The second kappa shape index (κ2) is 13.7. The van der Waals surface area contributed by atoms with Crippen LogP contribution in [0.5, 0.6) is 0 Å². The zero-order valence-electron chi connectivity index (χ0n) is 34.6. The van der Waals surface area contributed by atoms with Crippen molar-refractivity contribution in [2.45, 2.75) is 0 Å². The van der Waals surface area contributed by atoms with Crippen LogP contribution in [0.3, 0.4) is 0 Å². The number of rotatable bonds is 4. The number of benzene rings is 12. The maximum absolute atomic E-state index is 6.45. The van der Waals surface area contributed by atoms with Crippen LogP contribution in [0.15, 0.2) is 223 Å². The fourth-order valence-corrected chi connectivity index (χ4v) is 12.1. The first-order valence-corrected chi connectivity index (χ1v) is 22.8. The van der Waals surface area contributed by atoms with Crippen molar-refractivity contribution in [2.75, 3.05) is 0 Å². The largest absolute Gasteiger partial charge is 0.456 e. The lowest BCUT2D eigenvalue weighted by molar-refractivity contribution is 0.669. The minimum atomic E-state index is 0.907. The third-order valence-electron chi connectivity index (χ3n) is 13.6. The summed E-state index contributed by atoms with van der Waals surface area (Å²) in [7, 11) is 0. The van der Waals surface area contributed by atoms with Gasteiger partial charge in [-0.1, -0.05) is 182 Å². The molecule has 0 saturated carbocycles. The Morgan fingerprint density at radius 3 is 1.36 bits per heavy atom. The van der Waals surface area contributed by atoms with E-state index in [1.54, 1.807) is 0 Å². The highest BCUT2D eigenvalue weighted by atomic mass is 32.1. The van der Waals surface area contributed by atoms with Crippen LogP contribution in [0.4, 0.5) is 0 Å². The monoisotopic (exact) mass is 828 g/mol. The van der Waals surface area contributed by atoms with Gasteiger partial charge in [-0.15, -0.1) is 11.3 Å². The lowest BCUT2D eigenvalue weighted by atomic mass is 9.84. The van der Waals surface area contributed by atoms with Crippen molar-refractivity contribution >= 4 is 107 Å². The van der Waals surface area contributed by atoms with E-state index in [0.717, 1.165) is 21.9 Å². The number of fused-ring (bicyclic) bond motifs is 11. The summed E-state index contributed by atoms with van der Waals surface area (Å²) >= 11 is 1.90. The van der Waals surface area contributed by atoms with Crippen LogP contribution in [0.1, 0.15) is 0 Å². The molecule has 0 N–H and O–H groups in total. The lowest BCUT2D eigenvalue weighted by Crippen LogP contribution is -1.91. The summed E-state index contributed by atoms with van der Waals surface area (Å²) in [6.07, 6.45) is 0. The Morgan fingerprint density at radius 1 is 0.266 bits per heavy atom. The summed E-state index contributed by atoms with van der Waals surface area (Å²) in [5.41, 5.74) is 11.9. The molecule has 0 atom stereocenters. The molecule has 2 aromatic heterocycles. The fraction of sp³-hybridized carbons (Fsp3) is 0. The quantitative estimate of drug-likeness (QED) is 0.161. The molecule has 0 radical (unpaired) electrons. The first-order chi connectivity index (χ1) is 31.7. The number of thiophene rings is 1. The highest BCUT2D eigenvalue weighted by Crippen LogP contribution is 2.50. The predicted octanol–water partition coefficient (Wildman–Crippen LogP) is 18.4. The van der Waals surface area contributed by atoms with E-state index >= 15 is 0 Å². The van der Waals surface area contributed by atoms with Gasteiger partial charge in [0.05, 0.1) is 0 Å². The van der Waals surface area contributed by atoms with Gasteiger partial charge in [0.15, 0.2) is 0 Å². The Hall–Kier alpha value is -8.04. The van der Waals surface area contributed by atoms with Crippen LogP contribution in [0.2, 0.25) is 0 Å². The summed E-state index contributed by atoms with van der Waals surface area (Å²) < 4.78 is 9.04. The van der Waals surface area contributed by atoms with Gasteiger partial charge in [-0.25, -0.2) is 0 Å². The van der Waals surface area contributed by atoms with Gasteiger partial charge in [0.25, 0.3) is 0 Å². The molecule has 0 unspecified atom stereocenters. The van der Waals surface area contributed by atoms with Crippen LogP contribution >= 0.6 is 11.3 Å². The summed E-state index contributed by atoms with van der Waals surface area (Å²) in [6.45, 7) is 0. The molecule has 0 aliphatic rings. The normalized spacial score (nSPS) is 12.1. The van der Waals surface area contributed by atoms with Crippen molar-refractivity contribution < 1.29 is 4.42 Å². The minimum absolute atomic E-state index is 0.907. The third-order valence-corrected chi connectivity index (χ3v) is 14.7. The Bertz CT molecular complexity index is 4130. The minimum Gasteiger partial charge on any atom is -0.456 e. The van der Waals surface area contributed by atoms with Crippen molar-refractivity contribution in [2.24, 2.45) is 0 Å². The fourth-order valence-electron chi connectivity index (χ4n) is 10.9. The summed E-state index contributed by atoms with van der Waals surface area (Å²) in [4.78, 5) is 0. The molecule has 64 heavy (non-hydrogen) atoms. The SMILES string of the molecule is c1ccc(-c2c3ccccc3c(-c3cccc4sc5cc(-c6c7ccccc7c(-c7ccc8oc9cc%10ccccc%10cc9c8c7)c7ccccc67)ccc5c34)c3ccccc23)cc1. The highest BCUT2D eigenvalue weighted by Gasteiger charge is 2.22. The Morgan fingerprint density at radius 2 is 0.750 bits per heavy atom. The molecular weight excluding hydrogens is 793 g/mol. The topological polar surface area (TPSA) is 13.1 Å². The maximum atomic E-state index is 6.45. The Balaban J connectivity index is 0.980. The van der Waals surface area contributed by atoms with Gasteiger partial charge in [-0.2, -0.15) is 0 Å². The molecule has 0 saturated heterocycles. The second-order valence-electron chi connectivity index (χ2n) is 17.0. The van der Waals surface area contributed by atoms with E-state index in [4.69, 9.17) is 4.42 Å². The van der Waals surface area contributed by atoms with Gasteiger partial charge in [-0.05, 0) is 135 Å². The molecule has 0 aliphatic carbocycles. The third kappa shape index (κ3) is 5.18. The van der Waals surface area contributed by atoms with Crippen LogP contribution in [0.25, 0.3) is 140 Å². The van der Waals surface area contributed by atoms with Gasteiger partial charge < -0.3 is 4.42 Å². The van der Waals surface area contributed by atoms with Gasteiger partial charge >= 0.3 is 0 Å². The van der Waals surface area contributed by atoms with Gasteiger partial charge in [0, 0.05) is 30.9 Å². The lowest BCUT2D eigenvalue weighted by Gasteiger charge is -2.18. The molecule has 12 aromatic carbocycles. The Labute approximate surface area is 372 Å². The van der Waals surface area contributed by atoms with E-state index < -0.39 is 0 Å². The molecule has 296 valence electrons. The highest BCUT2D eigenvalue weighted by molar-refractivity contribution is 7.26. The molecule has 1 nitrogen and oxygen atoms in total. The standard InChI is InChI=1S/C62H36OS/c1-2-15-37(16-3-1)58-46-23-10-12-25-48(46)61(49-26-13-11-24-47(49)58)51-27-14-28-56-62(51)50-31-29-41(36-57(50)64-56)60-44-21-8-6-19-42(44)59(43-20-7-9-22-45(43)60)40-30-32-54-52(34-40)53-33-38-17-4-5-18-39(38)35-55(53)63-54/h1-36H. The van der Waals surface area contributed by atoms with Crippen molar-refractivity contribution in [3.63, 3.8) is 0 Å². The zero-order valence-corrected chi connectivity index (χ0v) is 35.4. The molecule has 0 spiro atoms. The molecule has 2 heterocycles. The number of hydrogen-bond donors (Lipinski definition) is 0. The summed E-state index contributed by atoms with van der Waals surface area (Å²) in [5.74, 6) is 0. The predicted molar refractivity (Wildman–Crippen MR) is 276 cm³/mol. The number of hydrogen-bond acceptors (Lipinski definition) is 2. The van der Waals surface area contributed by atoms with Crippen LogP contribution in [-0.2, 0) is 0 Å². The van der Waals surface area contributed by atoms with Gasteiger partial charge in [0.2, 0.25) is 0 Å². The molecule has 0 bridgehead atoms. The Kier molecular flexibility index (Phi) is 7.63. The van der Waals surface area contributed by atoms with Crippen molar-refractivity contribution in [3.8, 4) is 44.5 Å². The van der Waals surface area contributed by atoms with Crippen LogP contribution in [-0.4, -0.2) is 0 Å². The first kappa shape index (κ1) is 35.5. The molecule has 2 heteroatoms. The van der Waals surface area contributed by atoms with Crippen LogP contribution in [0, 0.1) is 0 Å². The zero-order chi connectivity index (χ0) is 41.9. The van der Waals surface area contributed by atoms with Gasteiger partial charge in [-0.3, -0.25) is 0 Å². The molecule has 0 aliphatic heterocycles. The van der Waals surface area contributed by atoms with Crippen molar-refractivity contribution in [1.29, 1.82) is 0 Å². The molecule has 14 aromatic rings.